The molecule has 3 atom stereocenters. The molecule has 1 fully saturated rings. The highest BCUT2D eigenvalue weighted by Gasteiger charge is 2.45. The molecular weight excluding hydrogens is 257 g/mol. The van der Waals surface area contributed by atoms with Crippen LogP contribution in [0.5, 0.6) is 0 Å². The Kier molecular flexibility index (Phi) is 4.14. The Bertz CT molecular complexity index is 495. The quantitative estimate of drug-likeness (QED) is 0.889. The van der Waals surface area contributed by atoms with Gasteiger partial charge in [0.25, 0.3) is 0 Å². The number of hydrogen-bond donors (Lipinski definition) is 2. The van der Waals surface area contributed by atoms with Crippen molar-refractivity contribution < 1.29 is 14.3 Å². The molecular formula is C16H22FNO2. The van der Waals surface area contributed by atoms with Crippen molar-refractivity contribution in [3.63, 3.8) is 0 Å². The Morgan fingerprint density at radius 2 is 2.10 bits per heavy atom. The number of hydrogen-bond acceptors (Lipinski definition) is 2. The molecule has 20 heavy (non-hydrogen) atoms. The lowest BCUT2D eigenvalue weighted by atomic mass is 9.89. The second-order valence-electron chi connectivity index (χ2n) is 6.60. The van der Waals surface area contributed by atoms with Gasteiger partial charge in [-0.1, -0.05) is 39.0 Å². The third-order valence-electron chi connectivity index (χ3n) is 3.90. The second-order valence-corrected chi connectivity index (χ2v) is 6.60. The van der Waals surface area contributed by atoms with Crippen LogP contribution < -0.4 is 5.32 Å². The first-order chi connectivity index (χ1) is 9.30. The number of amides is 1. The molecule has 1 aliphatic rings. The monoisotopic (exact) mass is 279 g/mol. The van der Waals surface area contributed by atoms with E-state index >= 15 is 0 Å². The SMILES string of the molecule is CC(C)(C)C(O)CNC(=O)C1CC1c1ccccc1F. The molecule has 2 rings (SSSR count). The number of benzene rings is 1. The molecule has 4 heteroatoms. The molecule has 1 aromatic rings. The Labute approximate surface area is 119 Å². The number of aliphatic hydroxyl groups excluding tert-OH is 1. The highest BCUT2D eigenvalue weighted by molar-refractivity contribution is 5.82. The normalized spacial score (nSPS) is 23.2. The van der Waals surface area contributed by atoms with E-state index in [1.807, 2.05) is 20.8 Å². The van der Waals surface area contributed by atoms with E-state index in [1.54, 1.807) is 18.2 Å². The average molecular weight is 279 g/mol. The number of carbonyl (C=O) groups is 1. The Hall–Kier alpha value is -1.42. The number of halogens is 1. The first kappa shape index (κ1) is 15.0. The van der Waals surface area contributed by atoms with Crippen molar-refractivity contribution in [2.75, 3.05) is 6.54 Å². The van der Waals surface area contributed by atoms with E-state index in [0.29, 0.717) is 12.0 Å². The first-order valence-corrected chi connectivity index (χ1v) is 7.01. The molecule has 1 aliphatic carbocycles. The highest BCUT2D eigenvalue weighted by Crippen LogP contribution is 2.48. The van der Waals surface area contributed by atoms with Gasteiger partial charge >= 0.3 is 0 Å². The Balaban J connectivity index is 1.87. The molecule has 0 heterocycles. The van der Waals surface area contributed by atoms with Crippen molar-refractivity contribution in [3.05, 3.63) is 35.6 Å². The van der Waals surface area contributed by atoms with Gasteiger partial charge in [-0.2, -0.15) is 0 Å². The lowest BCUT2D eigenvalue weighted by Crippen LogP contribution is -2.39. The van der Waals surface area contributed by atoms with Crippen molar-refractivity contribution in [1.29, 1.82) is 0 Å². The molecule has 110 valence electrons. The van der Waals surface area contributed by atoms with E-state index in [0.717, 1.165) is 0 Å². The van der Waals surface area contributed by atoms with Crippen molar-refractivity contribution in [2.24, 2.45) is 11.3 Å². The predicted octanol–water partition coefficient (Wildman–Crippen LogP) is 2.45. The average Bonchev–Trinajstić information content (AvgIpc) is 3.15. The van der Waals surface area contributed by atoms with Gasteiger partial charge in [-0.25, -0.2) is 4.39 Å². The number of carbonyl (C=O) groups excluding carboxylic acids is 1. The van der Waals surface area contributed by atoms with Gasteiger partial charge in [0.1, 0.15) is 5.82 Å². The van der Waals surface area contributed by atoms with E-state index in [9.17, 15) is 14.3 Å². The molecule has 3 unspecified atom stereocenters. The molecule has 0 radical (unpaired) electrons. The fraction of sp³-hybridized carbons (Fsp3) is 0.562. The molecule has 1 aromatic carbocycles. The summed E-state index contributed by atoms with van der Waals surface area (Å²) in [5, 5.41) is 12.6. The maximum atomic E-state index is 13.6. The van der Waals surface area contributed by atoms with E-state index < -0.39 is 6.10 Å². The predicted molar refractivity (Wildman–Crippen MR) is 75.7 cm³/mol. The van der Waals surface area contributed by atoms with Gasteiger partial charge in [0, 0.05) is 12.5 Å². The summed E-state index contributed by atoms with van der Waals surface area (Å²) >= 11 is 0. The van der Waals surface area contributed by atoms with Crippen LogP contribution in [0.15, 0.2) is 24.3 Å². The maximum absolute atomic E-state index is 13.6. The molecule has 0 aliphatic heterocycles. The fourth-order valence-electron chi connectivity index (χ4n) is 2.24. The number of aliphatic hydroxyl groups is 1. The Morgan fingerprint density at radius 1 is 1.45 bits per heavy atom. The van der Waals surface area contributed by atoms with Gasteiger partial charge in [0.15, 0.2) is 0 Å². The van der Waals surface area contributed by atoms with Gasteiger partial charge in [0.05, 0.1) is 6.10 Å². The van der Waals surface area contributed by atoms with Crippen molar-refractivity contribution in [3.8, 4) is 0 Å². The first-order valence-electron chi connectivity index (χ1n) is 7.01. The Morgan fingerprint density at radius 3 is 2.70 bits per heavy atom. The van der Waals surface area contributed by atoms with Crippen LogP contribution in [0.25, 0.3) is 0 Å². The minimum atomic E-state index is -0.586. The molecule has 1 amide bonds. The van der Waals surface area contributed by atoms with Crippen LogP contribution in [0.1, 0.15) is 38.7 Å². The molecule has 1 saturated carbocycles. The summed E-state index contributed by atoms with van der Waals surface area (Å²) in [5.41, 5.74) is 0.353. The zero-order valence-corrected chi connectivity index (χ0v) is 12.2. The summed E-state index contributed by atoms with van der Waals surface area (Å²) in [6.45, 7) is 6.00. The van der Waals surface area contributed by atoms with Crippen molar-refractivity contribution >= 4 is 5.91 Å². The minimum Gasteiger partial charge on any atom is -0.391 e. The second kappa shape index (κ2) is 5.52. The minimum absolute atomic E-state index is 0.0250. The van der Waals surface area contributed by atoms with Crippen LogP contribution in [0, 0.1) is 17.2 Å². The summed E-state index contributed by atoms with van der Waals surface area (Å²) in [6.07, 6.45) is 0.0929. The van der Waals surface area contributed by atoms with E-state index in [1.165, 1.54) is 6.07 Å². The van der Waals surface area contributed by atoms with Crippen molar-refractivity contribution in [1.82, 2.24) is 5.32 Å². The van der Waals surface area contributed by atoms with Crippen LogP contribution in [0.2, 0.25) is 0 Å². The molecule has 0 bridgehead atoms. The van der Waals surface area contributed by atoms with E-state index in [-0.39, 0.29) is 35.5 Å². The van der Waals surface area contributed by atoms with E-state index in [4.69, 9.17) is 0 Å². The summed E-state index contributed by atoms with van der Waals surface area (Å²) < 4.78 is 13.6. The molecule has 3 nitrogen and oxygen atoms in total. The van der Waals surface area contributed by atoms with Gasteiger partial charge < -0.3 is 10.4 Å². The molecule has 0 spiro atoms. The maximum Gasteiger partial charge on any atom is 0.223 e. The molecule has 0 aromatic heterocycles. The van der Waals surface area contributed by atoms with Gasteiger partial charge in [-0.05, 0) is 29.4 Å². The summed E-state index contributed by atoms with van der Waals surface area (Å²) in [7, 11) is 0. The summed E-state index contributed by atoms with van der Waals surface area (Å²) in [5.74, 6) is -0.536. The van der Waals surface area contributed by atoms with Gasteiger partial charge in [0.2, 0.25) is 5.91 Å². The largest absolute Gasteiger partial charge is 0.391 e. The topological polar surface area (TPSA) is 49.3 Å². The number of rotatable bonds is 4. The van der Waals surface area contributed by atoms with Crippen LogP contribution >= 0.6 is 0 Å². The third kappa shape index (κ3) is 3.37. The van der Waals surface area contributed by atoms with Gasteiger partial charge in [-0.15, -0.1) is 0 Å². The van der Waals surface area contributed by atoms with Gasteiger partial charge in [-0.3, -0.25) is 4.79 Å². The van der Waals surface area contributed by atoms with Crippen LogP contribution in [-0.2, 0) is 4.79 Å². The van der Waals surface area contributed by atoms with Crippen LogP contribution in [0.4, 0.5) is 4.39 Å². The zero-order valence-electron chi connectivity index (χ0n) is 12.2. The standard InChI is InChI=1S/C16H22FNO2/c1-16(2,3)14(19)9-18-15(20)12-8-11(12)10-6-4-5-7-13(10)17/h4-7,11-12,14,19H,8-9H2,1-3H3,(H,18,20). The lowest BCUT2D eigenvalue weighted by Gasteiger charge is -2.25. The third-order valence-corrected chi connectivity index (χ3v) is 3.90. The summed E-state index contributed by atoms with van der Waals surface area (Å²) in [4.78, 5) is 12.0. The van der Waals surface area contributed by atoms with Crippen LogP contribution in [-0.4, -0.2) is 23.7 Å². The summed E-state index contributed by atoms with van der Waals surface area (Å²) in [6, 6.07) is 6.59. The smallest absolute Gasteiger partial charge is 0.223 e. The molecule has 0 saturated heterocycles. The zero-order chi connectivity index (χ0) is 14.9. The fourth-order valence-corrected chi connectivity index (χ4v) is 2.24. The van der Waals surface area contributed by atoms with Crippen LogP contribution in [0.3, 0.4) is 0 Å². The van der Waals surface area contributed by atoms with E-state index in [2.05, 4.69) is 5.32 Å². The van der Waals surface area contributed by atoms with Crippen molar-refractivity contribution in [2.45, 2.75) is 39.2 Å². The highest BCUT2D eigenvalue weighted by atomic mass is 19.1. The number of nitrogens with one attached hydrogen (secondary N) is 1. The molecule has 2 N–H and O–H groups in total. The lowest BCUT2D eigenvalue weighted by molar-refractivity contribution is -0.123.